The van der Waals surface area contributed by atoms with Gasteiger partial charge in [-0.1, -0.05) is 25.5 Å². The van der Waals surface area contributed by atoms with Gasteiger partial charge in [-0.05, 0) is 42.7 Å². The van der Waals surface area contributed by atoms with Gasteiger partial charge in [0.1, 0.15) is 5.82 Å². The molecular formula is C21H26FN3O3S. The van der Waals surface area contributed by atoms with Crippen LogP contribution >= 0.6 is 11.3 Å². The van der Waals surface area contributed by atoms with E-state index in [-0.39, 0.29) is 29.9 Å². The van der Waals surface area contributed by atoms with Gasteiger partial charge in [0, 0.05) is 18.5 Å². The molecule has 1 heterocycles. The highest BCUT2D eigenvalue weighted by atomic mass is 32.1. The lowest BCUT2D eigenvalue weighted by Gasteiger charge is -2.47. The fourth-order valence-electron chi connectivity index (χ4n) is 3.73. The largest absolute Gasteiger partial charge is 0.396 e. The maximum Gasteiger partial charge on any atom is 0.260 e. The van der Waals surface area contributed by atoms with Gasteiger partial charge in [0.15, 0.2) is 5.13 Å². The smallest absolute Gasteiger partial charge is 0.260 e. The molecule has 0 bridgehead atoms. The van der Waals surface area contributed by atoms with Crippen molar-refractivity contribution in [1.82, 2.24) is 10.3 Å². The van der Waals surface area contributed by atoms with Crippen molar-refractivity contribution >= 4 is 28.3 Å². The van der Waals surface area contributed by atoms with Crippen LogP contribution in [0, 0.1) is 17.2 Å². The van der Waals surface area contributed by atoms with Crippen LogP contribution in [0.4, 0.5) is 9.52 Å². The van der Waals surface area contributed by atoms with Crippen molar-refractivity contribution in [2.75, 3.05) is 18.5 Å². The lowest BCUT2D eigenvalue weighted by molar-refractivity contribution is -0.121. The number of nitrogens with zero attached hydrogens (tertiary/aromatic N) is 1. The fraction of sp³-hybridized carbons (Fsp3) is 0.476. The van der Waals surface area contributed by atoms with Crippen LogP contribution in [0.2, 0.25) is 0 Å². The van der Waals surface area contributed by atoms with E-state index in [1.165, 1.54) is 29.5 Å². The zero-order chi connectivity index (χ0) is 20.9. The van der Waals surface area contributed by atoms with Crippen LogP contribution in [0.3, 0.4) is 0 Å². The SMILES string of the molecule is CC(CCO)C1(CNC(=O)Cc2csc(NC(=O)c3ccccc3F)n2)CCC1. The molecule has 156 valence electrons. The van der Waals surface area contributed by atoms with E-state index in [1.807, 2.05) is 0 Å². The van der Waals surface area contributed by atoms with E-state index in [2.05, 4.69) is 22.5 Å². The average molecular weight is 420 g/mol. The summed E-state index contributed by atoms with van der Waals surface area (Å²) in [5, 5.41) is 16.8. The number of benzene rings is 1. The number of carbonyl (C=O) groups is 2. The number of thiazole rings is 1. The number of aliphatic hydroxyl groups excluding tert-OH is 1. The summed E-state index contributed by atoms with van der Waals surface area (Å²) in [5.41, 5.74) is 0.589. The molecule has 0 radical (unpaired) electrons. The molecule has 29 heavy (non-hydrogen) atoms. The van der Waals surface area contributed by atoms with Gasteiger partial charge in [0.2, 0.25) is 5.91 Å². The number of hydrogen-bond donors (Lipinski definition) is 3. The van der Waals surface area contributed by atoms with Crippen molar-refractivity contribution in [3.63, 3.8) is 0 Å². The third kappa shape index (κ3) is 5.19. The van der Waals surface area contributed by atoms with Crippen LogP contribution < -0.4 is 10.6 Å². The molecule has 1 aliphatic carbocycles. The van der Waals surface area contributed by atoms with Gasteiger partial charge in [-0.15, -0.1) is 11.3 Å². The molecule has 1 aromatic carbocycles. The topological polar surface area (TPSA) is 91.3 Å². The first-order valence-electron chi connectivity index (χ1n) is 9.81. The molecule has 6 nitrogen and oxygen atoms in total. The summed E-state index contributed by atoms with van der Waals surface area (Å²) >= 11 is 1.20. The Kier molecular flexibility index (Phi) is 6.97. The summed E-state index contributed by atoms with van der Waals surface area (Å²) in [5.74, 6) is -0.925. The van der Waals surface area contributed by atoms with Crippen molar-refractivity contribution < 1.29 is 19.1 Å². The minimum absolute atomic E-state index is 0.0511. The standard InChI is InChI=1S/C21H26FN3O3S/c1-14(7-10-26)21(8-4-9-21)13-23-18(27)11-15-12-29-20(24-15)25-19(28)16-5-2-3-6-17(16)22/h2-3,5-6,12,14,26H,4,7-11,13H2,1H3,(H,23,27)(H,24,25,28). The Hall–Kier alpha value is -2.32. The third-order valence-electron chi connectivity index (χ3n) is 5.83. The predicted molar refractivity (Wildman–Crippen MR) is 110 cm³/mol. The molecule has 1 fully saturated rings. The van der Waals surface area contributed by atoms with E-state index in [0.717, 1.165) is 25.7 Å². The average Bonchev–Trinajstić information content (AvgIpc) is 3.08. The molecule has 0 aliphatic heterocycles. The van der Waals surface area contributed by atoms with E-state index in [9.17, 15) is 19.1 Å². The summed E-state index contributed by atoms with van der Waals surface area (Å²) in [6.45, 7) is 2.90. The van der Waals surface area contributed by atoms with Gasteiger partial charge in [-0.2, -0.15) is 0 Å². The number of nitrogens with one attached hydrogen (secondary N) is 2. The van der Waals surface area contributed by atoms with E-state index < -0.39 is 11.7 Å². The van der Waals surface area contributed by atoms with Crippen LogP contribution in [-0.2, 0) is 11.2 Å². The van der Waals surface area contributed by atoms with Crippen molar-refractivity contribution in [3.8, 4) is 0 Å². The minimum Gasteiger partial charge on any atom is -0.396 e. The van der Waals surface area contributed by atoms with Crippen LogP contribution in [0.1, 0.15) is 48.7 Å². The zero-order valence-electron chi connectivity index (χ0n) is 16.4. The summed E-state index contributed by atoms with van der Waals surface area (Å²) in [7, 11) is 0. The molecule has 3 N–H and O–H groups in total. The minimum atomic E-state index is -0.596. The molecule has 1 saturated carbocycles. The lowest BCUT2D eigenvalue weighted by Crippen LogP contribution is -2.46. The Balaban J connectivity index is 1.51. The Morgan fingerprint density at radius 3 is 2.76 bits per heavy atom. The number of hydrogen-bond acceptors (Lipinski definition) is 5. The van der Waals surface area contributed by atoms with Crippen LogP contribution in [0.15, 0.2) is 29.6 Å². The summed E-state index contributed by atoms with van der Waals surface area (Å²) in [4.78, 5) is 28.8. The second-order valence-electron chi connectivity index (χ2n) is 7.66. The summed E-state index contributed by atoms with van der Waals surface area (Å²) in [6, 6.07) is 5.74. The molecule has 0 spiro atoms. The number of amides is 2. The maximum absolute atomic E-state index is 13.7. The summed E-state index contributed by atoms with van der Waals surface area (Å²) in [6.07, 6.45) is 4.15. The number of anilines is 1. The highest BCUT2D eigenvalue weighted by Crippen LogP contribution is 2.47. The van der Waals surface area contributed by atoms with Crippen molar-refractivity contribution in [1.29, 1.82) is 0 Å². The third-order valence-corrected chi connectivity index (χ3v) is 6.63. The van der Waals surface area contributed by atoms with Gasteiger partial charge >= 0.3 is 0 Å². The van der Waals surface area contributed by atoms with Crippen molar-refractivity contribution in [2.24, 2.45) is 11.3 Å². The van der Waals surface area contributed by atoms with Crippen LogP contribution in [0.25, 0.3) is 0 Å². The van der Waals surface area contributed by atoms with E-state index in [4.69, 9.17) is 0 Å². The first kappa shape index (κ1) is 21.4. The first-order valence-corrected chi connectivity index (χ1v) is 10.7. The van der Waals surface area contributed by atoms with E-state index in [1.54, 1.807) is 11.4 Å². The molecule has 3 rings (SSSR count). The lowest BCUT2D eigenvalue weighted by atomic mass is 9.60. The van der Waals surface area contributed by atoms with E-state index in [0.29, 0.717) is 23.3 Å². The number of carbonyl (C=O) groups excluding carboxylic acids is 2. The Bertz CT molecular complexity index is 866. The predicted octanol–water partition coefficient (Wildman–Crippen LogP) is 3.38. The van der Waals surface area contributed by atoms with E-state index >= 15 is 0 Å². The van der Waals surface area contributed by atoms with Crippen LogP contribution in [0.5, 0.6) is 0 Å². The second-order valence-corrected chi connectivity index (χ2v) is 8.52. The number of halogens is 1. The van der Waals surface area contributed by atoms with Gasteiger partial charge < -0.3 is 10.4 Å². The Labute approximate surface area is 173 Å². The number of rotatable bonds is 9. The van der Waals surface area contributed by atoms with Crippen molar-refractivity contribution in [2.45, 2.75) is 39.0 Å². The van der Waals surface area contributed by atoms with Gasteiger partial charge in [0.05, 0.1) is 17.7 Å². The maximum atomic E-state index is 13.7. The highest BCUT2D eigenvalue weighted by molar-refractivity contribution is 7.14. The van der Waals surface area contributed by atoms with Crippen LogP contribution in [-0.4, -0.2) is 35.1 Å². The number of aliphatic hydroxyl groups is 1. The molecule has 1 atom stereocenters. The molecule has 8 heteroatoms. The first-order chi connectivity index (χ1) is 13.9. The summed E-state index contributed by atoms with van der Waals surface area (Å²) < 4.78 is 13.7. The highest BCUT2D eigenvalue weighted by Gasteiger charge is 2.41. The Morgan fingerprint density at radius 1 is 1.34 bits per heavy atom. The van der Waals surface area contributed by atoms with Crippen molar-refractivity contribution in [3.05, 3.63) is 46.7 Å². The fourth-order valence-corrected chi connectivity index (χ4v) is 4.44. The van der Waals surface area contributed by atoms with Gasteiger partial charge in [-0.3, -0.25) is 14.9 Å². The molecule has 2 aromatic rings. The van der Waals surface area contributed by atoms with Gasteiger partial charge in [0.25, 0.3) is 5.91 Å². The Morgan fingerprint density at radius 2 is 2.10 bits per heavy atom. The zero-order valence-corrected chi connectivity index (χ0v) is 17.2. The monoisotopic (exact) mass is 419 g/mol. The molecule has 1 unspecified atom stereocenters. The molecule has 0 saturated heterocycles. The molecular weight excluding hydrogens is 393 g/mol. The second kappa shape index (κ2) is 9.45. The molecule has 1 aliphatic rings. The number of aromatic nitrogens is 1. The molecule has 1 aromatic heterocycles. The normalized spacial score (nSPS) is 16.0. The molecule has 2 amide bonds. The van der Waals surface area contributed by atoms with Gasteiger partial charge in [-0.25, -0.2) is 9.37 Å². The quantitative estimate of drug-likeness (QED) is 0.581.